The summed E-state index contributed by atoms with van der Waals surface area (Å²) in [6.07, 6.45) is 1.42. The van der Waals surface area contributed by atoms with Crippen molar-refractivity contribution in [2.75, 3.05) is 36.5 Å². The Morgan fingerprint density at radius 3 is 2.34 bits per heavy atom. The van der Waals surface area contributed by atoms with Gasteiger partial charge in [-0.25, -0.2) is 9.97 Å². The molecule has 0 unspecified atom stereocenters. The van der Waals surface area contributed by atoms with Crippen LogP contribution in [0.4, 0.5) is 11.6 Å². The van der Waals surface area contributed by atoms with Gasteiger partial charge in [0.1, 0.15) is 18.0 Å². The van der Waals surface area contributed by atoms with Crippen LogP contribution in [0.15, 0.2) is 67.0 Å². The smallest absolute Gasteiger partial charge is 0.257 e. The zero-order chi connectivity index (χ0) is 20.1. The number of morpholine rings is 1. The molecule has 0 aliphatic carbocycles. The van der Waals surface area contributed by atoms with Crippen molar-refractivity contribution < 1.29 is 14.3 Å². The minimum Gasteiger partial charge on any atom is -0.378 e. The number of nitrogens with one attached hydrogen (secondary N) is 1. The normalized spacial score (nSPS) is 13.7. The summed E-state index contributed by atoms with van der Waals surface area (Å²) >= 11 is 0. The molecule has 3 aromatic rings. The number of ether oxygens (including phenoxy) is 1. The first-order valence-corrected chi connectivity index (χ1v) is 9.37. The lowest BCUT2D eigenvalue weighted by atomic mass is 9.98. The lowest BCUT2D eigenvalue weighted by Gasteiger charge is -2.27. The van der Waals surface area contributed by atoms with Gasteiger partial charge in [-0.15, -0.1) is 0 Å². The predicted molar refractivity (Wildman–Crippen MR) is 109 cm³/mol. The SMILES string of the molecule is O=C(Nc1cc(N2CCOCC2)ncn1)c1ccccc1C(=O)c1ccccc1. The van der Waals surface area contributed by atoms with Crippen LogP contribution >= 0.6 is 0 Å². The van der Waals surface area contributed by atoms with Crippen LogP contribution in [0.2, 0.25) is 0 Å². The van der Waals surface area contributed by atoms with Gasteiger partial charge in [-0.05, 0) is 6.07 Å². The highest BCUT2D eigenvalue weighted by molar-refractivity contribution is 6.17. The number of aromatic nitrogens is 2. The van der Waals surface area contributed by atoms with Crippen molar-refractivity contribution in [2.45, 2.75) is 0 Å². The maximum absolute atomic E-state index is 12.9. The lowest BCUT2D eigenvalue weighted by molar-refractivity contribution is 0.0996. The van der Waals surface area contributed by atoms with Crippen molar-refractivity contribution in [3.8, 4) is 0 Å². The summed E-state index contributed by atoms with van der Waals surface area (Å²) in [6.45, 7) is 2.75. The third-order valence-corrected chi connectivity index (χ3v) is 4.68. The molecule has 0 bridgehead atoms. The van der Waals surface area contributed by atoms with Crippen molar-refractivity contribution >= 4 is 23.3 Å². The van der Waals surface area contributed by atoms with Crippen molar-refractivity contribution in [1.82, 2.24) is 9.97 Å². The van der Waals surface area contributed by atoms with E-state index in [1.165, 1.54) is 6.33 Å². The van der Waals surface area contributed by atoms with Gasteiger partial charge in [-0.1, -0.05) is 48.5 Å². The van der Waals surface area contributed by atoms with Crippen LogP contribution in [-0.2, 0) is 4.74 Å². The first kappa shape index (κ1) is 18.8. The van der Waals surface area contributed by atoms with E-state index in [1.54, 1.807) is 54.6 Å². The second-order valence-electron chi connectivity index (χ2n) is 6.56. The van der Waals surface area contributed by atoms with Crippen LogP contribution in [0, 0.1) is 0 Å². The fourth-order valence-corrected chi connectivity index (χ4v) is 3.19. The van der Waals surface area contributed by atoms with Gasteiger partial charge in [0.15, 0.2) is 5.78 Å². The highest BCUT2D eigenvalue weighted by Gasteiger charge is 2.19. The predicted octanol–water partition coefficient (Wildman–Crippen LogP) is 2.80. The molecule has 2 aromatic carbocycles. The van der Waals surface area contributed by atoms with E-state index >= 15 is 0 Å². The second kappa shape index (κ2) is 8.62. The second-order valence-corrected chi connectivity index (χ2v) is 6.56. The summed E-state index contributed by atoms with van der Waals surface area (Å²) in [5.74, 6) is 0.519. The Kier molecular flexibility index (Phi) is 5.58. The third kappa shape index (κ3) is 4.30. The minimum absolute atomic E-state index is 0.201. The molecule has 0 radical (unpaired) electrons. The molecular weight excluding hydrogens is 368 g/mol. The monoisotopic (exact) mass is 388 g/mol. The van der Waals surface area contributed by atoms with Crippen LogP contribution in [0.1, 0.15) is 26.3 Å². The van der Waals surface area contributed by atoms with Gasteiger partial charge in [0.25, 0.3) is 5.91 Å². The van der Waals surface area contributed by atoms with E-state index in [0.29, 0.717) is 35.7 Å². The Balaban J connectivity index is 1.56. The molecule has 2 heterocycles. The average Bonchev–Trinajstić information content (AvgIpc) is 2.80. The van der Waals surface area contributed by atoms with E-state index in [9.17, 15) is 9.59 Å². The zero-order valence-electron chi connectivity index (χ0n) is 15.7. The van der Waals surface area contributed by atoms with E-state index in [4.69, 9.17) is 4.74 Å². The quantitative estimate of drug-likeness (QED) is 0.677. The number of carbonyl (C=O) groups excluding carboxylic acids is 2. The Hall–Kier alpha value is -3.58. The zero-order valence-corrected chi connectivity index (χ0v) is 15.7. The number of nitrogens with zero attached hydrogens (tertiary/aromatic N) is 3. The van der Waals surface area contributed by atoms with Gasteiger partial charge in [-0.3, -0.25) is 9.59 Å². The van der Waals surface area contributed by atoms with Crippen LogP contribution in [-0.4, -0.2) is 48.0 Å². The standard InChI is InChI=1S/C22H20N4O3/c27-21(16-6-2-1-3-7-16)17-8-4-5-9-18(17)22(28)25-19-14-20(24-15-23-19)26-10-12-29-13-11-26/h1-9,14-15H,10-13H2,(H,23,24,25,28). The van der Waals surface area contributed by atoms with Crippen molar-refractivity contribution in [2.24, 2.45) is 0 Å². The lowest BCUT2D eigenvalue weighted by Crippen LogP contribution is -2.36. The molecule has 4 rings (SSSR count). The molecule has 1 saturated heterocycles. The molecule has 1 aromatic heterocycles. The van der Waals surface area contributed by atoms with E-state index in [1.807, 2.05) is 6.07 Å². The van der Waals surface area contributed by atoms with Crippen molar-refractivity contribution in [1.29, 1.82) is 0 Å². The average molecular weight is 388 g/mol. The summed E-state index contributed by atoms with van der Waals surface area (Å²) in [6, 6.07) is 17.4. The Morgan fingerprint density at radius 2 is 1.59 bits per heavy atom. The molecule has 1 aliphatic heterocycles. The van der Waals surface area contributed by atoms with E-state index in [2.05, 4.69) is 20.2 Å². The van der Waals surface area contributed by atoms with Crippen LogP contribution in [0.5, 0.6) is 0 Å². The van der Waals surface area contributed by atoms with Gasteiger partial charge in [0.2, 0.25) is 0 Å². The molecule has 1 fully saturated rings. The van der Waals surface area contributed by atoms with E-state index in [-0.39, 0.29) is 5.78 Å². The Labute approximate surface area is 168 Å². The number of hydrogen-bond acceptors (Lipinski definition) is 6. The van der Waals surface area contributed by atoms with Crippen LogP contribution in [0.3, 0.4) is 0 Å². The fourth-order valence-electron chi connectivity index (χ4n) is 3.19. The van der Waals surface area contributed by atoms with Gasteiger partial charge in [0.05, 0.1) is 18.8 Å². The molecule has 1 amide bonds. The van der Waals surface area contributed by atoms with E-state index in [0.717, 1.165) is 18.9 Å². The molecule has 0 atom stereocenters. The molecule has 29 heavy (non-hydrogen) atoms. The van der Waals surface area contributed by atoms with Gasteiger partial charge in [-0.2, -0.15) is 0 Å². The van der Waals surface area contributed by atoms with Gasteiger partial charge < -0.3 is 15.0 Å². The number of carbonyl (C=O) groups is 2. The molecule has 1 N–H and O–H groups in total. The topological polar surface area (TPSA) is 84.4 Å². The molecule has 7 nitrogen and oxygen atoms in total. The maximum Gasteiger partial charge on any atom is 0.257 e. The summed E-state index contributed by atoms with van der Waals surface area (Å²) in [7, 11) is 0. The summed E-state index contributed by atoms with van der Waals surface area (Å²) in [5, 5.41) is 2.78. The van der Waals surface area contributed by atoms with Gasteiger partial charge >= 0.3 is 0 Å². The summed E-state index contributed by atoms with van der Waals surface area (Å²) in [5.41, 5.74) is 1.18. The number of amides is 1. The molecule has 0 spiro atoms. The summed E-state index contributed by atoms with van der Waals surface area (Å²) in [4.78, 5) is 36.3. The van der Waals surface area contributed by atoms with Crippen molar-refractivity contribution in [3.63, 3.8) is 0 Å². The van der Waals surface area contributed by atoms with Crippen LogP contribution in [0.25, 0.3) is 0 Å². The number of hydrogen-bond donors (Lipinski definition) is 1. The fraction of sp³-hybridized carbons (Fsp3) is 0.182. The highest BCUT2D eigenvalue weighted by Crippen LogP contribution is 2.19. The number of benzene rings is 2. The first-order chi connectivity index (χ1) is 14.2. The molecular formula is C22H20N4O3. The number of rotatable bonds is 5. The largest absolute Gasteiger partial charge is 0.378 e. The minimum atomic E-state index is -0.392. The molecule has 7 heteroatoms. The summed E-state index contributed by atoms with van der Waals surface area (Å²) < 4.78 is 5.36. The van der Waals surface area contributed by atoms with Crippen LogP contribution < -0.4 is 10.2 Å². The highest BCUT2D eigenvalue weighted by atomic mass is 16.5. The first-order valence-electron chi connectivity index (χ1n) is 9.37. The van der Waals surface area contributed by atoms with Crippen molar-refractivity contribution in [3.05, 3.63) is 83.7 Å². The molecule has 1 aliphatic rings. The Morgan fingerprint density at radius 1 is 0.897 bits per heavy atom. The van der Waals surface area contributed by atoms with Gasteiger partial charge in [0, 0.05) is 30.3 Å². The third-order valence-electron chi connectivity index (χ3n) is 4.68. The maximum atomic E-state index is 12.9. The number of ketones is 1. The van der Waals surface area contributed by atoms with E-state index < -0.39 is 5.91 Å². The Bertz CT molecular complexity index is 1020. The number of anilines is 2. The molecule has 146 valence electrons. The molecule has 0 saturated carbocycles.